The lowest BCUT2D eigenvalue weighted by Crippen LogP contribution is -2.14. The third-order valence-corrected chi connectivity index (χ3v) is 6.06. The van der Waals surface area contributed by atoms with E-state index < -0.39 is 9.73 Å². The highest BCUT2D eigenvalue weighted by atomic mass is 35.5. The minimum atomic E-state index is -2.54. The third kappa shape index (κ3) is 5.31. The molecule has 0 saturated heterocycles. The van der Waals surface area contributed by atoms with Crippen LogP contribution in [0.15, 0.2) is 56.7 Å². The zero-order valence-electron chi connectivity index (χ0n) is 15.1. The van der Waals surface area contributed by atoms with E-state index in [2.05, 4.69) is 9.36 Å². The van der Waals surface area contributed by atoms with Gasteiger partial charge >= 0.3 is 0 Å². The normalized spacial score (nSPS) is 13.6. The number of hydrogen-bond acceptors (Lipinski definition) is 3. The maximum atomic E-state index is 13.1. The summed E-state index contributed by atoms with van der Waals surface area (Å²) in [7, 11) is -0.592. The molecule has 2 rings (SSSR count). The van der Waals surface area contributed by atoms with Crippen LogP contribution in [0.2, 0.25) is 5.02 Å². The van der Waals surface area contributed by atoms with E-state index in [1.165, 1.54) is 0 Å². The first kappa shape index (κ1) is 19.5. The van der Waals surface area contributed by atoms with E-state index in [4.69, 9.17) is 11.6 Å². The molecule has 1 atom stereocenters. The molecule has 0 spiro atoms. The minimum Gasteiger partial charge on any atom is -0.366 e. The van der Waals surface area contributed by atoms with E-state index in [-0.39, 0.29) is 0 Å². The predicted molar refractivity (Wildman–Crippen MR) is 108 cm³/mol. The Hall–Kier alpha value is -1.85. The number of aliphatic imine (C=N–C) groups is 1. The van der Waals surface area contributed by atoms with Gasteiger partial charge in [0.1, 0.15) is 0 Å². The van der Waals surface area contributed by atoms with Crippen LogP contribution in [0.4, 0.5) is 5.69 Å². The lowest BCUT2D eigenvalue weighted by Gasteiger charge is -2.12. The van der Waals surface area contributed by atoms with Crippen LogP contribution < -0.4 is 0 Å². The number of hydrogen-bond donors (Lipinski definition) is 0. The molecule has 0 aliphatic carbocycles. The molecule has 6 heteroatoms. The Balaban J connectivity index is 2.34. The van der Waals surface area contributed by atoms with E-state index in [0.717, 1.165) is 17.7 Å². The quantitative estimate of drug-likeness (QED) is 0.530. The first-order valence-electron chi connectivity index (χ1n) is 8.10. The highest BCUT2D eigenvalue weighted by Crippen LogP contribution is 2.31. The molecule has 0 heterocycles. The smallest absolute Gasteiger partial charge is 0.0910 e. The molecule has 0 saturated carbocycles. The van der Waals surface area contributed by atoms with Gasteiger partial charge < -0.3 is 4.90 Å². The van der Waals surface area contributed by atoms with Crippen molar-refractivity contribution >= 4 is 33.4 Å². The lowest BCUT2D eigenvalue weighted by molar-refractivity contribution is 0.552. The summed E-state index contributed by atoms with van der Waals surface area (Å²) in [6, 6.07) is 13.4. The summed E-state index contributed by atoms with van der Waals surface area (Å²) in [5, 5.41) is 0.478. The van der Waals surface area contributed by atoms with Gasteiger partial charge in [0.15, 0.2) is 0 Å². The number of benzene rings is 2. The molecular weight excluding hydrogens is 354 g/mol. The average molecular weight is 378 g/mol. The first-order valence-corrected chi connectivity index (χ1v) is 10.4. The van der Waals surface area contributed by atoms with Crippen LogP contribution in [0.5, 0.6) is 0 Å². The molecule has 2 aromatic carbocycles. The molecule has 0 aliphatic heterocycles. The third-order valence-electron chi connectivity index (χ3n) is 3.88. The number of aryl methyl sites for hydroxylation is 1. The number of halogens is 1. The van der Waals surface area contributed by atoms with Gasteiger partial charge in [0.25, 0.3) is 0 Å². The Kier molecular flexibility index (Phi) is 6.62. The van der Waals surface area contributed by atoms with Gasteiger partial charge in [0.2, 0.25) is 0 Å². The van der Waals surface area contributed by atoms with E-state index in [1.54, 1.807) is 18.7 Å². The van der Waals surface area contributed by atoms with E-state index in [0.29, 0.717) is 22.2 Å². The minimum absolute atomic E-state index is 0.411. The molecule has 0 bridgehead atoms. The molecule has 0 aliphatic rings. The number of nitrogens with zero attached hydrogens (tertiary/aromatic N) is 3. The maximum Gasteiger partial charge on any atom is 0.0910 e. The highest BCUT2D eigenvalue weighted by Gasteiger charge is 2.13. The summed E-state index contributed by atoms with van der Waals surface area (Å²) >= 11 is 6.35. The van der Waals surface area contributed by atoms with Crippen LogP contribution in [0, 0.1) is 6.92 Å². The molecule has 0 fully saturated rings. The van der Waals surface area contributed by atoms with Gasteiger partial charge in [-0.3, -0.25) is 0 Å². The van der Waals surface area contributed by atoms with E-state index >= 15 is 0 Å². The van der Waals surface area contributed by atoms with Crippen LogP contribution in [0.1, 0.15) is 18.1 Å². The molecule has 0 amide bonds. The summed E-state index contributed by atoms with van der Waals surface area (Å²) in [6.07, 6.45) is 3.39. The number of rotatable bonds is 6. The van der Waals surface area contributed by atoms with Gasteiger partial charge in [-0.2, -0.15) is 0 Å². The van der Waals surface area contributed by atoms with Crippen molar-refractivity contribution in [2.75, 3.05) is 19.8 Å². The van der Waals surface area contributed by atoms with Gasteiger partial charge in [-0.05, 0) is 37.1 Å². The van der Waals surface area contributed by atoms with Crippen molar-refractivity contribution in [2.24, 2.45) is 9.36 Å². The zero-order valence-corrected chi connectivity index (χ0v) is 16.6. The summed E-state index contributed by atoms with van der Waals surface area (Å²) < 4.78 is 17.5. The Labute approximate surface area is 155 Å². The van der Waals surface area contributed by atoms with Crippen LogP contribution in [-0.4, -0.2) is 35.3 Å². The van der Waals surface area contributed by atoms with Gasteiger partial charge in [-0.1, -0.05) is 41.9 Å². The second-order valence-electron chi connectivity index (χ2n) is 5.96. The Morgan fingerprint density at radius 1 is 1.24 bits per heavy atom. The van der Waals surface area contributed by atoms with Crippen molar-refractivity contribution in [2.45, 2.75) is 25.3 Å². The SMILES string of the molecule is CCN(C)C=Nc1cc(C)c(S(C)(=O)=NCc2ccccc2)cc1Cl. The predicted octanol–water partition coefficient (Wildman–Crippen LogP) is 4.92. The van der Waals surface area contributed by atoms with Crippen molar-refractivity contribution in [1.82, 2.24) is 4.90 Å². The molecule has 134 valence electrons. The van der Waals surface area contributed by atoms with Gasteiger partial charge in [-0.15, -0.1) is 0 Å². The fourth-order valence-electron chi connectivity index (χ4n) is 2.25. The van der Waals surface area contributed by atoms with Crippen molar-refractivity contribution < 1.29 is 4.21 Å². The Morgan fingerprint density at radius 3 is 2.56 bits per heavy atom. The lowest BCUT2D eigenvalue weighted by atomic mass is 10.2. The van der Waals surface area contributed by atoms with Crippen molar-refractivity contribution in [3.05, 3.63) is 58.6 Å². The van der Waals surface area contributed by atoms with Crippen LogP contribution in [0.3, 0.4) is 0 Å². The van der Waals surface area contributed by atoms with Gasteiger partial charge in [-0.25, -0.2) is 13.6 Å². The van der Waals surface area contributed by atoms with Gasteiger partial charge in [0, 0.05) is 19.8 Å². The van der Waals surface area contributed by atoms with Crippen LogP contribution >= 0.6 is 11.6 Å². The standard InChI is InChI=1S/C19H24ClN3OS/c1-5-23(3)14-21-18-11-15(2)19(12-17(18)20)25(4,24)22-13-16-9-7-6-8-10-16/h6-12,14H,5,13H2,1-4H3. The first-order chi connectivity index (χ1) is 11.8. The van der Waals surface area contributed by atoms with Crippen LogP contribution in [-0.2, 0) is 16.3 Å². The van der Waals surface area contributed by atoms with Crippen LogP contribution in [0.25, 0.3) is 0 Å². The fraction of sp³-hybridized carbons (Fsp3) is 0.316. The molecule has 1 unspecified atom stereocenters. The second kappa shape index (κ2) is 8.50. The molecule has 25 heavy (non-hydrogen) atoms. The summed E-state index contributed by atoms with van der Waals surface area (Å²) in [6.45, 7) is 5.23. The van der Waals surface area contributed by atoms with Crippen molar-refractivity contribution in [3.63, 3.8) is 0 Å². The maximum absolute atomic E-state index is 13.1. The molecule has 2 aromatic rings. The molecule has 0 N–H and O–H groups in total. The van der Waals surface area contributed by atoms with Crippen molar-refractivity contribution in [3.8, 4) is 0 Å². The molecular formula is C19H24ClN3OS. The topological polar surface area (TPSA) is 45.0 Å². The molecule has 0 radical (unpaired) electrons. The zero-order chi connectivity index (χ0) is 18.4. The summed E-state index contributed by atoms with van der Waals surface area (Å²) in [5.74, 6) is 0. The summed E-state index contributed by atoms with van der Waals surface area (Å²) in [4.78, 5) is 7.02. The average Bonchev–Trinajstić information content (AvgIpc) is 2.60. The fourth-order valence-corrected chi connectivity index (χ4v) is 4.05. The van der Waals surface area contributed by atoms with E-state index in [9.17, 15) is 4.21 Å². The van der Waals surface area contributed by atoms with E-state index in [1.807, 2.05) is 62.2 Å². The van der Waals surface area contributed by atoms with Crippen molar-refractivity contribution in [1.29, 1.82) is 0 Å². The largest absolute Gasteiger partial charge is 0.366 e. The Morgan fingerprint density at radius 2 is 1.92 bits per heavy atom. The monoisotopic (exact) mass is 377 g/mol. The molecule has 4 nitrogen and oxygen atoms in total. The Bertz CT molecular complexity index is 872. The second-order valence-corrected chi connectivity index (χ2v) is 8.67. The summed E-state index contributed by atoms with van der Waals surface area (Å²) in [5.41, 5.74) is 2.58. The molecule has 0 aromatic heterocycles. The highest BCUT2D eigenvalue weighted by molar-refractivity contribution is 7.93. The van der Waals surface area contributed by atoms with Gasteiger partial charge in [0.05, 0.1) is 38.2 Å².